The van der Waals surface area contributed by atoms with Crippen molar-refractivity contribution in [3.05, 3.63) is 29.7 Å². The Hall–Kier alpha value is -2.22. The van der Waals surface area contributed by atoms with E-state index < -0.39 is 0 Å². The lowest BCUT2D eigenvalue weighted by atomic mass is 10.1. The maximum Gasteiger partial charge on any atom is 0.246 e. The van der Waals surface area contributed by atoms with Gasteiger partial charge in [0.15, 0.2) is 5.82 Å². The molecule has 8 heteroatoms. The quantitative estimate of drug-likeness (QED) is 0.857. The van der Waals surface area contributed by atoms with Crippen molar-refractivity contribution in [2.24, 2.45) is 0 Å². The maximum atomic E-state index is 12.8. The molecule has 2 aromatic heterocycles. The molecule has 0 bridgehead atoms. The molecule has 1 saturated heterocycles. The lowest BCUT2D eigenvalue weighted by Gasteiger charge is -2.23. The van der Waals surface area contributed by atoms with Crippen molar-refractivity contribution >= 4 is 5.91 Å². The highest BCUT2D eigenvalue weighted by atomic mass is 16.5. The third-order valence-electron chi connectivity index (χ3n) is 4.31. The van der Waals surface area contributed by atoms with Gasteiger partial charge < -0.3 is 14.7 Å². The van der Waals surface area contributed by atoms with Crippen molar-refractivity contribution in [1.29, 1.82) is 0 Å². The minimum absolute atomic E-state index is 0.103. The van der Waals surface area contributed by atoms with E-state index in [1.807, 2.05) is 15.6 Å². The van der Waals surface area contributed by atoms with Crippen LogP contribution in [0.4, 0.5) is 0 Å². The monoisotopic (exact) mass is 332 g/mol. The lowest BCUT2D eigenvalue weighted by Crippen LogP contribution is -2.44. The van der Waals surface area contributed by atoms with E-state index >= 15 is 0 Å². The van der Waals surface area contributed by atoms with Crippen molar-refractivity contribution in [2.75, 3.05) is 6.54 Å². The number of aromatic nitrogens is 4. The molecular weight excluding hydrogens is 308 g/mol. The number of carbonyl (C=O) groups excluding carboxylic acids is 1. The smallest absolute Gasteiger partial charge is 0.246 e. The Kier molecular flexibility index (Phi) is 5.24. The number of rotatable bonds is 6. The van der Waals surface area contributed by atoms with Gasteiger partial charge in [0.25, 0.3) is 0 Å². The zero-order chi connectivity index (χ0) is 16.9. The molecule has 0 radical (unpaired) electrons. The van der Waals surface area contributed by atoms with Crippen LogP contribution in [0.5, 0.6) is 0 Å². The van der Waals surface area contributed by atoms with Crippen molar-refractivity contribution in [2.45, 2.75) is 58.8 Å². The Balaban J connectivity index is 1.63. The zero-order valence-electron chi connectivity index (χ0n) is 14.2. The summed E-state index contributed by atoms with van der Waals surface area (Å²) in [6.45, 7) is 6.40. The molecule has 1 aliphatic rings. The Morgan fingerprint density at radius 1 is 1.42 bits per heavy atom. The van der Waals surface area contributed by atoms with Gasteiger partial charge in [0, 0.05) is 25.8 Å². The van der Waals surface area contributed by atoms with Gasteiger partial charge in [-0.1, -0.05) is 5.16 Å². The minimum atomic E-state index is -0.184. The van der Waals surface area contributed by atoms with Gasteiger partial charge in [0.1, 0.15) is 6.54 Å². The van der Waals surface area contributed by atoms with Crippen LogP contribution in [0.15, 0.2) is 16.8 Å². The first-order valence-corrected chi connectivity index (χ1v) is 8.49. The zero-order valence-corrected chi connectivity index (χ0v) is 14.2. The van der Waals surface area contributed by atoms with E-state index in [1.165, 1.54) is 0 Å². The Morgan fingerprint density at radius 2 is 2.29 bits per heavy atom. The minimum Gasteiger partial charge on any atom is -0.337 e. The van der Waals surface area contributed by atoms with Crippen LogP contribution in [-0.2, 0) is 24.4 Å². The van der Waals surface area contributed by atoms with Crippen LogP contribution >= 0.6 is 0 Å². The van der Waals surface area contributed by atoms with E-state index in [4.69, 9.17) is 4.52 Å². The molecule has 0 spiro atoms. The highest BCUT2D eigenvalue weighted by molar-refractivity contribution is 5.82. The fourth-order valence-corrected chi connectivity index (χ4v) is 3.04. The van der Waals surface area contributed by atoms with E-state index in [-0.39, 0.29) is 11.9 Å². The van der Waals surface area contributed by atoms with Crippen LogP contribution in [0.2, 0.25) is 0 Å². The number of nitrogens with one attached hydrogen (secondary N) is 1. The normalized spacial score (nSPS) is 18.8. The molecule has 130 valence electrons. The number of aryl methyl sites for hydroxylation is 2. The average Bonchev–Trinajstić information content (AvgIpc) is 3.16. The topological polar surface area (TPSA) is 89.1 Å². The molecule has 1 fully saturated rings. The highest BCUT2D eigenvalue weighted by Crippen LogP contribution is 2.15. The number of carbonyl (C=O) groups is 1. The summed E-state index contributed by atoms with van der Waals surface area (Å²) >= 11 is 0. The van der Waals surface area contributed by atoms with E-state index in [0.717, 1.165) is 38.0 Å². The van der Waals surface area contributed by atoms with Crippen molar-refractivity contribution in [3.8, 4) is 0 Å². The molecule has 8 nitrogen and oxygen atoms in total. The van der Waals surface area contributed by atoms with Gasteiger partial charge in [-0.15, -0.1) is 0 Å². The summed E-state index contributed by atoms with van der Waals surface area (Å²) in [5.41, 5.74) is 1.09. The molecule has 1 unspecified atom stereocenters. The van der Waals surface area contributed by atoms with Gasteiger partial charge >= 0.3 is 0 Å². The van der Waals surface area contributed by atoms with Crippen LogP contribution in [0.3, 0.4) is 0 Å². The van der Waals surface area contributed by atoms with Gasteiger partial charge in [-0.2, -0.15) is 10.1 Å². The number of amides is 1. The Labute approximate surface area is 141 Å². The van der Waals surface area contributed by atoms with E-state index in [1.54, 1.807) is 13.1 Å². The Bertz CT molecular complexity index is 680. The molecule has 1 atom stereocenters. The maximum absolute atomic E-state index is 12.8. The fraction of sp³-hybridized carbons (Fsp3) is 0.625. The molecule has 3 rings (SSSR count). The molecule has 0 aromatic carbocycles. The molecule has 1 amide bonds. The van der Waals surface area contributed by atoms with Gasteiger partial charge in [0.05, 0.1) is 11.7 Å². The summed E-state index contributed by atoms with van der Waals surface area (Å²) in [5, 5.41) is 11.4. The van der Waals surface area contributed by atoms with Crippen molar-refractivity contribution < 1.29 is 9.32 Å². The molecule has 1 aliphatic heterocycles. The number of hydrogen-bond acceptors (Lipinski definition) is 6. The summed E-state index contributed by atoms with van der Waals surface area (Å²) in [6.07, 6.45) is 4.65. The van der Waals surface area contributed by atoms with E-state index in [9.17, 15) is 4.79 Å². The lowest BCUT2D eigenvalue weighted by molar-refractivity contribution is -0.133. The SMILES string of the molecule is CCn1nccc1CNC1CCCCN(Cc2nc(C)no2)C1=O. The summed E-state index contributed by atoms with van der Waals surface area (Å²) in [5.74, 6) is 1.19. The molecule has 1 N–H and O–H groups in total. The van der Waals surface area contributed by atoms with Crippen LogP contribution < -0.4 is 5.32 Å². The predicted molar refractivity (Wildman–Crippen MR) is 86.8 cm³/mol. The first kappa shape index (κ1) is 16.6. The van der Waals surface area contributed by atoms with Crippen LogP contribution in [-0.4, -0.2) is 43.3 Å². The largest absolute Gasteiger partial charge is 0.337 e. The second-order valence-electron chi connectivity index (χ2n) is 6.06. The second-order valence-corrected chi connectivity index (χ2v) is 6.06. The molecule has 3 heterocycles. The first-order valence-electron chi connectivity index (χ1n) is 8.49. The van der Waals surface area contributed by atoms with E-state index in [2.05, 4.69) is 27.5 Å². The molecule has 0 saturated carbocycles. The molecular formula is C16H24N6O2. The average molecular weight is 332 g/mol. The predicted octanol–water partition coefficient (Wildman–Crippen LogP) is 1.27. The van der Waals surface area contributed by atoms with E-state index in [0.29, 0.717) is 24.8 Å². The third-order valence-corrected chi connectivity index (χ3v) is 4.31. The Morgan fingerprint density at radius 3 is 3.04 bits per heavy atom. The van der Waals surface area contributed by atoms with Gasteiger partial charge in [0.2, 0.25) is 11.8 Å². The van der Waals surface area contributed by atoms with Crippen LogP contribution in [0.25, 0.3) is 0 Å². The van der Waals surface area contributed by atoms with Crippen molar-refractivity contribution in [3.63, 3.8) is 0 Å². The van der Waals surface area contributed by atoms with Crippen molar-refractivity contribution in [1.82, 2.24) is 30.1 Å². The fourth-order valence-electron chi connectivity index (χ4n) is 3.04. The summed E-state index contributed by atoms with van der Waals surface area (Å²) in [4.78, 5) is 18.8. The van der Waals surface area contributed by atoms with Crippen LogP contribution in [0.1, 0.15) is 43.6 Å². The van der Waals surface area contributed by atoms with Gasteiger partial charge in [-0.05, 0) is 39.2 Å². The van der Waals surface area contributed by atoms with Gasteiger partial charge in [-0.25, -0.2) is 0 Å². The summed E-state index contributed by atoms with van der Waals surface area (Å²) in [7, 11) is 0. The third kappa shape index (κ3) is 3.81. The first-order chi connectivity index (χ1) is 11.7. The number of nitrogens with zero attached hydrogens (tertiary/aromatic N) is 5. The summed E-state index contributed by atoms with van der Waals surface area (Å²) < 4.78 is 7.09. The number of hydrogen-bond donors (Lipinski definition) is 1. The molecule has 2 aromatic rings. The standard InChI is InChI=1S/C16H24N6O2/c1-3-22-13(7-8-18-22)10-17-14-6-4-5-9-21(16(14)23)11-15-19-12(2)20-24-15/h7-8,14,17H,3-6,9-11H2,1-2H3. The molecule has 24 heavy (non-hydrogen) atoms. The van der Waals surface area contributed by atoms with Crippen LogP contribution in [0, 0.1) is 6.92 Å². The second kappa shape index (κ2) is 7.57. The highest BCUT2D eigenvalue weighted by Gasteiger charge is 2.28. The summed E-state index contributed by atoms with van der Waals surface area (Å²) in [6, 6.07) is 1.80. The van der Waals surface area contributed by atoms with Gasteiger partial charge in [-0.3, -0.25) is 9.48 Å². The molecule has 0 aliphatic carbocycles. The number of likely N-dealkylation sites (tertiary alicyclic amines) is 1.